The minimum Gasteiger partial charge on any atom is -0.387 e. The SMILES string of the molecule is NC(=O)[C@H]1[CH]CCCN1C(=O)CO. The lowest BCUT2D eigenvalue weighted by Gasteiger charge is -2.32. The lowest BCUT2D eigenvalue weighted by atomic mass is 10.0. The van der Waals surface area contributed by atoms with Crippen molar-refractivity contribution in [3.05, 3.63) is 6.42 Å². The second-order valence-corrected chi connectivity index (χ2v) is 2.97. The van der Waals surface area contributed by atoms with E-state index in [9.17, 15) is 9.59 Å². The molecular formula is C8H13N2O3. The highest BCUT2D eigenvalue weighted by molar-refractivity contribution is 5.88. The predicted octanol–water partition coefficient (Wildman–Crippen LogP) is -1.34. The van der Waals surface area contributed by atoms with E-state index in [2.05, 4.69) is 0 Å². The van der Waals surface area contributed by atoms with Gasteiger partial charge in [-0.3, -0.25) is 9.59 Å². The highest BCUT2D eigenvalue weighted by Crippen LogP contribution is 2.15. The molecule has 0 spiro atoms. The normalized spacial score (nSPS) is 22.8. The van der Waals surface area contributed by atoms with Crippen molar-refractivity contribution in [2.75, 3.05) is 13.2 Å². The minimum atomic E-state index is -0.645. The van der Waals surface area contributed by atoms with Gasteiger partial charge in [-0.25, -0.2) is 0 Å². The summed E-state index contributed by atoms with van der Waals surface area (Å²) >= 11 is 0. The summed E-state index contributed by atoms with van der Waals surface area (Å²) in [6, 6.07) is -0.645. The molecule has 1 radical (unpaired) electrons. The maximum Gasteiger partial charge on any atom is 0.248 e. The molecule has 0 saturated carbocycles. The van der Waals surface area contributed by atoms with E-state index in [0.29, 0.717) is 6.54 Å². The van der Waals surface area contributed by atoms with Gasteiger partial charge in [-0.15, -0.1) is 0 Å². The minimum absolute atomic E-state index is 0.445. The molecule has 73 valence electrons. The third-order valence-corrected chi connectivity index (χ3v) is 2.08. The quantitative estimate of drug-likeness (QED) is 0.558. The summed E-state index contributed by atoms with van der Waals surface area (Å²) in [4.78, 5) is 23.3. The van der Waals surface area contributed by atoms with Crippen molar-refractivity contribution < 1.29 is 14.7 Å². The van der Waals surface area contributed by atoms with Crippen LogP contribution in [0, 0.1) is 6.42 Å². The van der Waals surface area contributed by atoms with E-state index < -0.39 is 24.5 Å². The average Bonchev–Trinajstić information content (AvgIpc) is 2.16. The van der Waals surface area contributed by atoms with Crippen LogP contribution in [-0.4, -0.2) is 41.0 Å². The Morgan fingerprint density at radius 3 is 2.85 bits per heavy atom. The molecule has 0 unspecified atom stereocenters. The molecule has 1 saturated heterocycles. The summed E-state index contributed by atoms with van der Waals surface area (Å²) in [5.74, 6) is -0.985. The molecule has 3 N–H and O–H groups in total. The van der Waals surface area contributed by atoms with Crippen LogP contribution in [0.1, 0.15) is 12.8 Å². The first kappa shape index (κ1) is 9.98. The van der Waals surface area contributed by atoms with Crippen LogP contribution in [-0.2, 0) is 9.59 Å². The van der Waals surface area contributed by atoms with Gasteiger partial charge in [0.1, 0.15) is 12.6 Å². The average molecular weight is 185 g/mol. The lowest BCUT2D eigenvalue weighted by Crippen LogP contribution is -2.51. The molecule has 5 heteroatoms. The Morgan fingerprint density at radius 1 is 1.62 bits per heavy atom. The Balaban J connectivity index is 2.67. The summed E-state index contributed by atoms with van der Waals surface area (Å²) in [5, 5.41) is 8.63. The van der Waals surface area contributed by atoms with Crippen molar-refractivity contribution in [3.63, 3.8) is 0 Å². The van der Waals surface area contributed by atoms with Gasteiger partial charge in [-0.1, -0.05) is 0 Å². The molecule has 0 aliphatic carbocycles. The first-order valence-electron chi connectivity index (χ1n) is 4.19. The molecule has 0 bridgehead atoms. The zero-order valence-corrected chi connectivity index (χ0v) is 7.27. The van der Waals surface area contributed by atoms with E-state index in [0.717, 1.165) is 12.8 Å². The number of aliphatic hydroxyl groups excluding tert-OH is 1. The second-order valence-electron chi connectivity index (χ2n) is 2.97. The summed E-state index contributed by atoms with van der Waals surface area (Å²) in [7, 11) is 0. The number of carbonyl (C=O) groups excluding carboxylic acids is 2. The molecule has 2 amide bonds. The van der Waals surface area contributed by atoms with Gasteiger partial charge in [0, 0.05) is 6.54 Å². The molecule has 1 aliphatic heterocycles. The van der Waals surface area contributed by atoms with Crippen molar-refractivity contribution in [3.8, 4) is 0 Å². The number of primary amides is 1. The van der Waals surface area contributed by atoms with Crippen molar-refractivity contribution in [2.45, 2.75) is 18.9 Å². The van der Waals surface area contributed by atoms with E-state index >= 15 is 0 Å². The maximum atomic E-state index is 11.1. The van der Waals surface area contributed by atoms with Crippen LogP contribution in [0.4, 0.5) is 0 Å². The molecule has 0 aromatic rings. The van der Waals surface area contributed by atoms with Crippen molar-refractivity contribution in [1.29, 1.82) is 0 Å². The van der Waals surface area contributed by atoms with Crippen LogP contribution in [0.25, 0.3) is 0 Å². The Kier molecular flexibility index (Phi) is 3.25. The van der Waals surface area contributed by atoms with Crippen molar-refractivity contribution >= 4 is 11.8 Å². The summed E-state index contributed by atoms with van der Waals surface area (Å²) in [6.45, 7) is -0.0822. The topological polar surface area (TPSA) is 83.6 Å². The fourth-order valence-corrected chi connectivity index (χ4v) is 1.44. The van der Waals surface area contributed by atoms with Gasteiger partial charge in [0.15, 0.2) is 0 Å². The molecule has 1 heterocycles. The molecule has 5 nitrogen and oxygen atoms in total. The summed E-state index contributed by atoms with van der Waals surface area (Å²) in [6.07, 6.45) is 3.30. The largest absolute Gasteiger partial charge is 0.387 e. The smallest absolute Gasteiger partial charge is 0.248 e. The van der Waals surface area contributed by atoms with E-state index in [-0.39, 0.29) is 0 Å². The summed E-state index contributed by atoms with van der Waals surface area (Å²) < 4.78 is 0. The highest BCUT2D eigenvalue weighted by Gasteiger charge is 2.29. The van der Waals surface area contributed by atoms with Gasteiger partial charge < -0.3 is 15.7 Å². The molecule has 0 aromatic heterocycles. The van der Waals surface area contributed by atoms with Crippen LogP contribution >= 0.6 is 0 Å². The number of likely N-dealkylation sites (tertiary alicyclic amines) is 1. The second kappa shape index (κ2) is 4.23. The zero-order chi connectivity index (χ0) is 9.84. The Bertz CT molecular complexity index is 217. The van der Waals surface area contributed by atoms with Gasteiger partial charge in [0.25, 0.3) is 0 Å². The molecule has 1 fully saturated rings. The third-order valence-electron chi connectivity index (χ3n) is 2.08. The third kappa shape index (κ3) is 2.18. The monoisotopic (exact) mass is 185 g/mol. The van der Waals surface area contributed by atoms with E-state index in [1.54, 1.807) is 6.42 Å². The molecule has 1 aliphatic rings. The predicted molar refractivity (Wildman–Crippen MR) is 45.3 cm³/mol. The Labute approximate surface area is 76.5 Å². The van der Waals surface area contributed by atoms with Crippen molar-refractivity contribution in [1.82, 2.24) is 4.90 Å². The number of hydrogen-bond acceptors (Lipinski definition) is 3. The fourth-order valence-electron chi connectivity index (χ4n) is 1.44. The van der Waals surface area contributed by atoms with E-state index in [4.69, 9.17) is 10.8 Å². The van der Waals surface area contributed by atoms with Crippen LogP contribution in [0.5, 0.6) is 0 Å². The number of amides is 2. The van der Waals surface area contributed by atoms with Gasteiger partial charge >= 0.3 is 0 Å². The fraction of sp³-hybridized carbons (Fsp3) is 0.625. The number of nitrogens with two attached hydrogens (primary N) is 1. The van der Waals surface area contributed by atoms with Gasteiger partial charge in [0.2, 0.25) is 11.8 Å². The van der Waals surface area contributed by atoms with Crippen molar-refractivity contribution in [2.24, 2.45) is 5.73 Å². The highest BCUT2D eigenvalue weighted by atomic mass is 16.3. The Morgan fingerprint density at radius 2 is 2.31 bits per heavy atom. The standard InChI is InChI=1S/C8H13N2O3/c9-8(13)6-3-1-2-4-10(6)7(12)5-11/h3,6,11H,1-2,4-5H2,(H2,9,13)/t6-/m1/s1. The number of carbonyl (C=O) groups is 2. The molecule has 0 aromatic carbocycles. The number of nitrogens with zero attached hydrogens (tertiary/aromatic N) is 1. The van der Waals surface area contributed by atoms with Gasteiger partial charge in [-0.2, -0.15) is 0 Å². The van der Waals surface area contributed by atoms with Crippen LogP contribution in [0.3, 0.4) is 0 Å². The molecule has 1 atom stereocenters. The maximum absolute atomic E-state index is 11.1. The summed E-state index contributed by atoms with van der Waals surface area (Å²) in [5.41, 5.74) is 5.10. The van der Waals surface area contributed by atoms with Crippen LogP contribution in [0.2, 0.25) is 0 Å². The molecular weight excluding hydrogens is 172 g/mol. The number of piperidine rings is 1. The first-order chi connectivity index (χ1) is 6.16. The molecule has 1 rings (SSSR count). The number of aliphatic hydroxyl groups is 1. The van der Waals surface area contributed by atoms with E-state index in [1.165, 1.54) is 4.90 Å². The van der Waals surface area contributed by atoms with Crippen LogP contribution in [0.15, 0.2) is 0 Å². The van der Waals surface area contributed by atoms with Crippen LogP contribution < -0.4 is 5.73 Å². The van der Waals surface area contributed by atoms with Gasteiger partial charge in [0.05, 0.1) is 0 Å². The van der Waals surface area contributed by atoms with Gasteiger partial charge in [-0.05, 0) is 19.3 Å². The zero-order valence-electron chi connectivity index (χ0n) is 7.27. The Hall–Kier alpha value is -1.10. The number of hydrogen-bond donors (Lipinski definition) is 2. The number of rotatable bonds is 2. The first-order valence-corrected chi connectivity index (χ1v) is 4.19. The van der Waals surface area contributed by atoms with E-state index in [1.807, 2.05) is 0 Å². The lowest BCUT2D eigenvalue weighted by molar-refractivity contribution is -0.141. The molecule has 13 heavy (non-hydrogen) atoms.